The van der Waals surface area contributed by atoms with Crippen molar-refractivity contribution in [3.8, 4) is 5.75 Å². The zero-order valence-electron chi connectivity index (χ0n) is 12.6. The van der Waals surface area contributed by atoms with Crippen molar-refractivity contribution in [3.05, 3.63) is 28.2 Å². The minimum absolute atomic E-state index is 0.152. The van der Waals surface area contributed by atoms with Crippen LogP contribution in [0.2, 0.25) is 0 Å². The van der Waals surface area contributed by atoms with E-state index in [0.717, 1.165) is 35.0 Å². The lowest BCUT2D eigenvalue weighted by molar-refractivity contribution is -0.131. The molecule has 4 nitrogen and oxygen atoms in total. The summed E-state index contributed by atoms with van der Waals surface area (Å²) < 4.78 is 6.34. The van der Waals surface area contributed by atoms with Crippen molar-refractivity contribution in [3.63, 3.8) is 0 Å². The van der Waals surface area contributed by atoms with Crippen molar-refractivity contribution in [2.24, 2.45) is 11.7 Å². The van der Waals surface area contributed by atoms with Gasteiger partial charge in [0, 0.05) is 36.1 Å². The van der Waals surface area contributed by atoms with Gasteiger partial charge in [-0.25, -0.2) is 0 Å². The lowest BCUT2D eigenvalue weighted by Crippen LogP contribution is -2.32. The van der Waals surface area contributed by atoms with Crippen LogP contribution in [0.4, 0.5) is 0 Å². The number of carbonyl (C=O) groups excluding carboxylic acids is 1. The molecule has 1 fully saturated rings. The topological polar surface area (TPSA) is 55.6 Å². The highest BCUT2D eigenvalue weighted by Gasteiger charge is 2.27. The van der Waals surface area contributed by atoms with Gasteiger partial charge in [-0.2, -0.15) is 0 Å². The zero-order chi connectivity index (χ0) is 15.4. The van der Waals surface area contributed by atoms with Gasteiger partial charge in [0.2, 0.25) is 5.91 Å². The number of benzene rings is 1. The Hall–Kier alpha value is -1.07. The molecular formula is C16H23BrN2O2. The van der Waals surface area contributed by atoms with Crippen molar-refractivity contribution >= 4 is 21.8 Å². The maximum atomic E-state index is 12.4. The van der Waals surface area contributed by atoms with Gasteiger partial charge in [-0.05, 0) is 37.0 Å². The molecule has 1 aliphatic carbocycles. The van der Waals surface area contributed by atoms with Gasteiger partial charge in [0.15, 0.2) is 0 Å². The Morgan fingerprint density at radius 1 is 1.48 bits per heavy atom. The lowest BCUT2D eigenvalue weighted by Gasteiger charge is -2.22. The Morgan fingerprint density at radius 2 is 2.24 bits per heavy atom. The fourth-order valence-electron chi connectivity index (χ4n) is 2.91. The van der Waals surface area contributed by atoms with Gasteiger partial charge in [-0.15, -0.1) is 0 Å². The van der Waals surface area contributed by atoms with E-state index in [9.17, 15) is 4.79 Å². The van der Waals surface area contributed by atoms with Crippen molar-refractivity contribution in [2.45, 2.75) is 38.3 Å². The van der Waals surface area contributed by atoms with E-state index in [2.05, 4.69) is 15.9 Å². The summed E-state index contributed by atoms with van der Waals surface area (Å²) in [7, 11) is 3.48. The fourth-order valence-corrected chi connectivity index (χ4v) is 3.32. The molecule has 0 unspecified atom stereocenters. The molecule has 1 aromatic carbocycles. The molecule has 1 saturated carbocycles. The van der Waals surface area contributed by atoms with Crippen LogP contribution in [0.15, 0.2) is 22.7 Å². The van der Waals surface area contributed by atoms with Crippen LogP contribution in [0.25, 0.3) is 0 Å². The van der Waals surface area contributed by atoms with Crippen LogP contribution in [0.3, 0.4) is 0 Å². The molecule has 2 N–H and O–H groups in total. The zero-order valence-corrected chi connectivity index (χ0v) is 14.2. The molecule has 0 aromatic heterocycles. The molecule has 1 aromatic rings. The maximum Gasteiger partial charge on any atom is 0.222 e. The molecule has 116 valence electrons. The van der Waals surface area contributed by atoms with Gasteiger partial charge >= 0.3 is 0 Å². The monoisotopic (exact) mass is 354 g/mol. The van der Waals surface area contributed by atoms with Gasteiger partial charge in [-0.3, -0.25) is 4.79 Å². The molecule has 0 bridgehead atoms. The van der Waals surface area contributed by atoms with Crippen LogP contribution in [0.1, 0.15) is 31.2 Å². The number of nitrogens with two attached hydrogens (primary N) is 1. The van der Waals surface area contributed by atoms with E-state index in [1.54, 1.807) is 12.0 Å². The predicted octanol–water partition coefficient (Wildman–Crippen LogP) is 2.93. The summed E-state index contributed by atoms with van der Waals surface area (Å²) in [6.07, 6.45) is 3.80. The summed E-state index contributed by atoms with van der Waals surface area (Å²) in [6.45, 7) is 0.545. The average Bonchev–Trinajstić information content (AvgIpc) is 2.84. The molecule has 0 spiro atoms. The Morgan fingerprint density at radius 3 is 2.86 bits per heavy atom. The third kappa shape index (κ3) is 4.20. The summed E-state index contributed by atoms with van der Waals surface area (Å²) in [5.74, 6) is 1.29. The highest BCUT2D eigenvalue weighted by atomic mass is 79.9. The van der Waals surface area contributed by atoms with Crippen LogP contribution in [-0.4, -0.2) is 31.0 Å². The van der Waals surface area contributed by atoms with Crippen LogP contribution >= 0.6 is 15.9 Å². The summed E-state index contributed by atoms with van der Waals surface area (Å²) in [6, 6.07) is 6.01. The number of rotatable bonds is 5. The van der Waals surface area contributed by atoms with Crippen molar-refractivity contribution < 1.29 is 9.53 Å². The Bertz CT molecular complexity index is 507. The summed E-state index contributed by atoms with van der Waals surface area (Å²) in [5, 5.41) is 0. The molecule has 0 saturated heterocycles. The molecular weight excluding hydrogens is 332 g/mol. The fraction of sp³-hybridized carbons (Fsp3) is 0.562. The van der Waals surface area contributed by atoms with E-state index >= 15 is 0 Å². The van der Waals surface area contributed by atoms with Crippen LogP contribution in [0.5, 0.6) is 5.75 Å². The summed E-state index contributed by atoms with van der Waals surface area (Å²) in [4.78, 5) is 14.1. The number of methoxy groups -OCH3 is 1. The first-order valence-corrected chi connectivity index (χ1v) is 8.12. The van der Waals surface area contributed by atoms with E-state index in [-0.39, 0.29) is 11.9 Å². The molecule has 2 atom stereocenters. The quantitative estimate of drug-likeness (QED) is 0.884. The summed E-state index contributed by atoms with van der Waals surface area (Å²) in [5.41, 5.74) is 7.05. The Labute approximate surface area is 134 Å². The number of ether oxygens (including phenoxy) is 1. The first-order chi connectivity index (χ1) is 10.0. The summed E-state index contributed by atoms with van der Waals surface area (Å²) >= 11 is 3.46. The molecule has 21 heavy (non-hydrogen) atoms. The van der Waals surface area contributed by atoms with Gasteiger partial charge in [0.1, 0.15) is 5.75 Å². The number of halogens is 1. The smallest absolute Gasteiger partial charge is 0.222 e. The number of hydrogen-bond donors (Lipinski definition) is 1. The minimum Gasteiger partial charge on any atom is -0.496 e. The van der Waals surface area contributed by atoms with Crippen molar-refractivity contribution in [1.82, 2.24) is 4.90 Å². The van der Waals surface area contributed by atoms with E-state index in [4.69, 9.17) is 10.5 Å². The van der Waals surface area contributed by atoms with E-state index in [1.165, 1.54) is 0 Å². The number of nitrogens with zero attached hydrogens (tertiary/aromatic N) is 1. The highest BCUT2D eigenvalue weighted by molar-refractivity contribution is 9.10. The van der Waals surface area contributed by atoms with Crippen molar-refractivity contribution in [1.29, 1.82) is 0 Å². The number of carbonyl (C=O) groups is 1. The average molecular weight is 355 g/mol. The van der Waals surface area contributed by atoms with E-state index in [1.807, 2.05) is 25.2 Å². The largest absolute Gasteiger partial charge is 0.496 e. The SMILES string of the molecule is COc1ccc(Br)cc1CN(C)C(=O)C[C@@H]1CCC[C@H]1N. The van der Waals surface area contributed by atoms with Gasteiger partial charge in [0.25, 0.3) is 0 Å². The normalized spacial score (nSPS) is 21.3. The van der Waals surface area contributed by atoms with Gasteiger partial charge < -0.3 is 15.4 Å². The second-order valence-electron chi connectivity index (χ2n) is 5.76. The molecule has 1 amide bonds. The second kappa shape index (κ2) is 7.27. The first kappa shape index (κ1) is 16.3. The minimum atomic E-state index is 0.152. The maximum absolute atomic E-state index is 12.4. The second-order valence-corrected chi connectivity index (χ2v) is 6.68. The van der Waals surface area contributed by atoms with E-state index in [0.29, 0.717) is 18.9 Å². The third-order valence-electron chi connectivity index (χ3n) is 4.23. The molecule has 0 aliphatic heterocycles. The highest BCUT2D eigenvalue weighted by Crippen LogP contribution is 2.28. The lowest BCUT2D eigenvalue weighted by atomic mass is 9.99. The van der Waals surface area contributed by atoms with Crippen molar-refractivity contribution in [2.75, 3.05) is 14.2 Å². The van der Waals surface area contributed by atoms with Crippen LogP contribution < -0.4 is 10.5 Å². The Balaban J connectivity index is 1.98. The molecule has 0 radical (unpaired) electrons. The van der Waals surface area contributed by atoms with Gasteiger partial charge in [-0.1, -0.05) is 22.4 Å². The van der Waals surface area contributed by atoms with Gasteiger partial charge in [0.05, 0.1) is 7.11 Å². The predicted molar refractivity (Wildman–Crippen MR) is 87.1 cm³/mol. The Kier molecular flexibility index (Phi) is 5.65. The van der Waals surface area contributed by atoms with Crippen LogP contribution in [-0.2, 0) is 11.3 Å². The third-order valence-corrected chi connectivity index (χ3v) is 4.72. The number of hydrogen-bond acceptors (Lipinski definition) is 3. The molecule has 0 heterocycles. The molecule has 1 aliphatic rings. The number of amides is 1. The molecule has 5 heteroatoms. The van der Waals surface area contributed by atoms with E-state index < -0.39 is 0 Å². The van der Waals surface area contributed by atoms with Crippen LogP contribution in [0, 0.1) is 5.92 Å². The molecule has 2 rings (SSSR count). The first-order valence-electron chi connectivity index (χ1n) is 7.33. The standard InChI is InChI=1S/C16H23BrN2O2/c1-19(16(20)9-11-4-3-5-14(11)18)10-12-8-13(17)6-7-15(12)21-2/h6-8,11,14H,3-5,9-10,18H2,1-2H3/t11-,14+/m0/s1.